The lowest BCUT2D eigenvalue weighted by molar-refractivity contribution is 0.530. The van der Waals surface area contributed by atoms with Crippen molar-refractivity contribution in [1.29, 1.82) is 0 Å². The maximum Gasteiger partial charge on any atom is 0.132 e. The van der Waals surface area contributed by atoms with E-state index in [1.807, 2.05) is 25.4 Å². The fraction of sp³-hybridized carbons (Fsp3) is 0.500. The maximum atomic E-state index is 4.53. The Labute approximate surface area is 114 Å². The van der Waals surface area contributed by atoms with Crippen LogP contribution in [0.5, 0.6) is 0 Å². The number of hydrogen-bond acceptors (Lipinski definition) is 4. The molecule has 0 aliphatic carbocycles. The smallest absolute Gasteiger partial charge is 0.132 e. The van der Waals surface area contributed by atoms with Crippen molar-refractivity contribution in [3.63, 3.8) is 0 Å². The molecule has 1 unspecified atom stereocenters. The molecule has 0 aromatic carbocycles. The summed E-state index contributed by atoms with van der Waals surface area (Å²) in [5.41, 5.74) is 0.974. The number of nitrogens with one attached hydrogen (secondary N) is 1. The minimum atomic E-state index is 0.0246. The van der Waals surface area contributed by atoms with E-state index in [1.165, 1.54) is 0 Å². The van der Waals surface area contributed by atoms with E-state index >= 15 is 0 Å². The van der Waals surface area contributed by atoms with Gasteiger partial charge in [-0.15, -0.1) is 0 Å². The molecule has 102 valence electrons. The molecule has 0 saturated carbocycles. The molecule has 0 amide bonds. The molecule has 0 bridgehead atoms. The zero-order chi connectivity index (χ0) is 13.7. The highest BCUT2D eigenvalue weighted by atomic mass is 15.1. The van der Waals surface area contributed by atoms with Crippen LogP contribution >= 0.6 is 0 Å². The van der Waals surface area contributed by atoms with E-state index in [0.29, 0.717) is 0 Å². The van der Waals surface area contributed by atoms with Crippen LogP contribution in [0.3, 0.4) is 0 Å². The van der Waals surface area contributed by atoms with Gasteiger partial charge in [-0.25, -0.2) is 15.0 Å². The van der Waals surface area contributed by atoms with Crippen LogP contribution in [0.15, 0.2) is 24.7 Å². The molecule has 0 spiro atoms. The van der Waals surface area contributed by atoms with Gasteiger partial charge in [-0.05, 0) is 32.9 Å². The number of hydrogen-bond donors (Lipinski definition) is 1. The van der Waals surface area contributed by atoms with Crippen molar-refractivity contribution < 1.29 is 0 Å². The van der Waals surface area contributed by atoms with Crippen LogP contribution in [0.1, 0.15) is 43.7 Å². The molecule has 2 rings (SSSR count). The van der Waals surface area contributed by atoms with E-state index in [4.69, 9.17) is 0 Å². The van der Waals surface area contributed by atoms with Crippen molar-refractivity contribution in [1.82, 2.24) is 24.8 Å². The Bertz CT molecular complexity index is 520. The Morgan fingerprint density at radius 1 is 1.26 bits per heavy atom. The average molecular weight is 259 g/mol. The standard InChI is InChI=1S/C14H21N5/c1-4-7-16-13(12-6-8-15-11(3)18-12)14-17-9-10-19(14)5-2/h6,8-10,13,16H,4-5,7H2,1-3H3. The molecule has 0 fully saturated rings. The van der Waals surface area contributed by atoms with Crippen LogP contribution in [-0.2, 0) is 6.54 Å². The Kier molecular flexibility index (Phi) is 4.63. The predicted molar refractivity (Wildman–Crippen MR) is 74.8 cm³/mol. The quantitative estimate of drug-likeness (QED) is 0.863. The Balaban J connectivity index is 2.35. The molecule has 5 heteroatoms. The molecule has 0 aliphatic heterocycles. The summed E-state index contributed by atoms with van der Waals surface area (Å²) in [6.07, 6.45) is 6.72. The molecular weight excluding hydrogens is 238 g/mol. The summed E-state index contributed by atoms with van der Waals surface area (Å²) in [5.74, 6) is 1.80. The lowest BCUT2D eigenvalue weighted by Gasteiger charge is -2.18. The van der Waals surface area contributed by atoms with Crippen molar-refractivity contribution in [2.45, 2.75) is 39.8 Å². The second-order valence-corrected chi connectivity index (χ2v) is 4.49. The fourth-order valence-corrected chi connectivity index (χ4v) is 2.10. The van der Waals surface area contributed by atoms with Crippen LogP contribution < -0.4 is 5.32 Å². The van der Waals surface area contributed by atoms with Gasteiger partial charge in [-0.3, -0.25) is 0 Å². The lowest BCUT2D eigenvalue weighted by Crippen LogP contribution is -2.27. The van der Waals surface area contributed by atoms with Crippen molar-refractivity contribution in [3.8, 4) is 0 Å². The fourth-order valence-electron chi connectivity index (χ4n) is 2.10. The molecule has 1 atom stereocenters. The van der Waals surface area contributed by atoms with Gasteiger partial charge in [-0.2, -0.15) is 0 Å². The minimum absolute atomic E-state index is 0.0246. The van der Waals surface area contributed by atoms with Crippen molar-refractivity contribution in [3.05, 3.63) is 42.0 Å². The third kappa shape index (κ3) is 3.17. The number of rotatable bonds is 6. The number of aryl methyl sites for hydroxylation is 2. The average Bonchev–Trinajstić information content (AvgIpc) is 2.88. The summed E-state index contributed by atoms with van der Waals surface area (Å²) in [6, 6.07) is 1.98. The summed E-state index contributed by atoms with van der Waals surface area (Å²) >= 11 is 0. The zero-order valence-corrected chi connectivity index (χ0v) is 11.8. The first-order chi connectivity index (χ1) is 9.26. The first-order valence-electron chi connectivity index (χ1n) is 6.80. The molecule has 5 nitrogen and oxygen atoms in total. The number of imidazole rings is 1. The number of nitrogens with zero attached hydrogens (tertiary/aromatic N) is 4. The molecule has 2 aromatic heterocycles. The van der Waals surface area contributed by atoms with E-state index in [0.717, 1.165) is 36.9 Å². The highest BCUT2D eigenvalue weighted by Gasteiger charge is 2.19. The van der Waals surface area contributed by atoms with E-state index in [-0.39, 0.29) is 6.04 Å². The normalized spacial score (nSPS) is 12.6. The molecule has 19 heavy (non-hydrogen) atoms. The van der Waals surface area contributed by atoms with E-state index in [9.17, 15) is 0 Å². The predicted octanol–water partition coefficient (Wildman–Crippen LogP) is 2.09. The van der Waals surface area contributed by atoms with Crippen LogP contribution in [0.25, 0.3) is 0 Å². The Morgan fingerprint density at radius 3 is 2.79 bits per heavy atom. The Morgan fingerprint density at radius 2 is 2.11 bits per heavy atom. The van der Waals surface area contributed by atoms with Gasteiger partial charge >= 0.3 is 0 Å². The SMILES string of the molecule is CCCNC(c1ccnc(C)n1)c1nccn1CC. The highest BCUT2D eigenvalue weighted by Crippen LogP contribution is 2.18. The first kappa shape index (κ1) is 13.7. The second-order valence-electron chi connectivity index (χ2n) is 4.49. The summed E-state index contributed by atoms with van der Waals surface area (Å²) in [7, 11) is 0. The summed E-state index contributed by atoms with van der Waals surface area (Å²) in [4.78, 5) is 13.2. The van der Waals surface area contributed by atoms with Gasteiger partial charge in [-0.1, -0.05) is 6.92 Å². The zero-order valence-electron chi connectivity index (χ0n) is 11.8. The monoisotopic (exact) mass is 259 g/mol. The molecular formula is C14H21N5. The van der Waals surface area contributed by atoms with Gasteiger partial charge in [0.05, 0.1) is 5.69 Å². The van der Waals surface area contributed by atoms with E-state index in [1.54, 1.807) is 6.20 Å². The van der Waals surface area contributed by atoms with E-state index in [2.05, 4.69) is 38.7 Å². The van der Waals surface area contributed by atoms with Crippen molar-refractivity contribution in [2.75, 3.05) is 6.54 Å². The summed E-state index contributed by atoms with van der Waals surface area (Å²) < 4.78 is 2.14. The van der Waals surface area contributed by atoms with Gasteiger partial charge in [0.25, 0.3) is 0 Å². The van der Waals surface area contributed by atoms with Crippen LogP contribution in [0, 0.1) is 6.92 Å². The topological polar surface area (TPSA) is 55.6 Å². The Hall–Kier alpha value is -1.75. The minimum Gasteiger partial charge on any atom is -0.334 e. The van der Waals surface area contributed by atoms with Gasteiger partial charge in [0.2, 0.25) is 0 Å². The molecule has 0 radical (unpaired) electrons. The number of aromatic nitrogens is 4. The first-order valence-corrected chi connectivity index (χ1v) is 6.80. The highest BCUT2D eigenvalue weighted by molar-refractivity contribution is 5.17. The van der Waals surface area contributed by atoms with Gasteiger partial charge in [0.15, 0.2) is 0 Å². The molecule has 0 saturated heterocycles. The summed E-state index contributed by atoms with van der Waals surface area (Å²) in [6.45, 7) is 8.02. The lowest BCUT2D eigenvalue weighted by atomic mass is 10.1. The summed E-state index contributed by atoms with van der Waals surface area (Å²) in [5, 5.41) is 3.52. The van der Waals surface area contributed by atoms with Crippen LogP contribution in [-0.4, -0.2) is 26.1 Å². The molecule has 0 aliphatic rings. The van der Waals surface area contributed by atoms with Gasteiger partial charge < -0.3 is 9.88 Å². The van der Waals surface area contributed by atoms with E-state index < -0.39 is 0 Å². The molecule has 1 N–H and O–H groups in total. The third-order valence-corrected chi connectivity index (χ3v) is 3.04. The third-order valence-electron chi connectivity index (χ3n) is 3.04. The van der Waals surface area contributed by atoms with Crippen molar-refractivity contribution >= 4 is 0 Å². The van der Waals surface area contributed by atoms with Gasteiger partial charge in [0.1, 0.15) is 17.7 Å². The molecule has 2 aromatic rings. The van der Waals surface area contributed by atoms with Crippen molar-refractivity contribution in [2.24, 2.45) is 0 Å². The second kappa shape index (κ2) is 6.43. The largest absolute Gasteiger partial charge is 0.334 e. The maximum absolute atomic E-state index is 4.53. The van der Waals surface area contributed by atoms with Gasteiger partial charge in [0, 0.05) is 25.1 Å². The van der Waals surface area contributed by atoms with Crippen LogP contribution in [0.2, 0.25) is 0 Å². The van der Waals surface area contributed by atoms with Crippen LogP contribution in [0.4, 0.5) is 0 Å². The molecule has 2 heterocycles.